The van der Waals surface area contributed by atoms with Crippen LogP contribution < -0.4 is 11.5 Å². The molecule has 1 heterocycles. The van der Waals surface area contributed by atoms with Crippen LogP contribution in [0.5, 0.6) is 0 Å². The van der Waals surface area contributed by atoms with Gasteiger partial charge in [-0.25, -0.2) is 0 Å². The zero-order chi connectivity index (χ0) is 10.6. The molecule has 1 rings (SSSR count). The van der Waals surface area contributed by atoms with E-state index in [1.54, 1.807) is 6.20 Å². The second-order valence-electron chi connectivity index (χ2n) is 3.47. The van der Waals surface area contributed by atoms with Crippen LogP contribution >= 0.6 is 15.9 Å². The van der Waals surface area contributed by atoms with Crippen molar-refractivity contribution < 1.29 is 0 Å². The molecule has 0 aliphatic carbocycles. The van der Waals surface area contributed by atoms with Crippen molar-refractivity contribution in [2.24, 2.45) is 0 Å². The monoisotopic (exact) mass is 257 g/mol. The van der Waals surface area contributed by atoms with E-state index in [1.807, 2.05) is 6.07 Å². The SMILES string of the molecule is CC(CCCBr)c1cc(N)c(N)cn1. The van der Waals surface area contributed by atoms with Gasteiger partial charge in [-0.15, -0.1) is 0 Å². The molecule has 14 heavy (non-hydrogen) atoms. The van der Waals surface area contributed by atoms with E-state index in [-0.39, 0.29) is 0 Å². The average Bonchev–Trinajstić information content (AvgIpc) is 2.18. The van der Waals surface area contributed by atoms with Gasteiger partial charge in [-0.2, -0.15) is 0 Å². The summed E-state index contributed by atoms with van der Waals surface area (Å²) < 4.78 is 0. The Hall–Kier alpha value is -0.770. The fourth-order valence-corrected chi connectivity index (χ4v) is 1.62. The summed E-state index contributed by atoms with van der Waals surface area (Å²) in [7, 11) is 0. The van der Waals surface area contributed by atoms with Crippen molar-refractivity contribution in [2.45, 2.75) is 25.7 Å². The Bertz CT molecular complexity index is 301. The molecule has 0 aliphatic rings. The minimum Gasteiger partial charge on any atom is -0.397 e. The van der Waals surface area contributed by atoms with Gasteiger partial charge in [0.05, 0.1) is 17.6 Å². The van der Waals surface area contributed by atoms with Crippen molar-refractivity contribution in [1.82, 2.24) is 4.98 Å². The maximum absolute atomic E-state index is 5.71. The first kappa shape index (κ1) is 11.3. The van der Waals surface area contributed by atoms with Crippen molar-refractivity contribution in [3.05, 3.63) is 18.0 Å². The highest BCUT2D eigenvalue weighted by Gasteiger charge is 2.07. The van der Waals surface area contributed by atoms with E-state index in [2.05, 4.69) is 27.8 Å². The van der Waals surface area contributed by atoms with Crippen LogP contribution in [0.25, 0.3) is 0 Å². The van der Waals surface area contributed by atoms with E-state index >= 15 is 0 Å². The van der Waals surface area contributed by atoms with Gasteiger partial charge in [0.2, 0.25) is 0 Å². The zero-order valence-corrected chi connectivity index (χ0v) is 9.92. The maximum atomic E-state index is 5.71. The number of nitrogen functional groups attached to an aromatic ring is 2. The molecule has 1 aromatic heterocycles. The van der Waals surface area contributed by atoms with Crippen molar-refractivity contribution in [3.8, 4) is 0 Å². The molecule has 0 amide bonds. The maximum Gasteiger partial charge on any atom is 0.0734 e. The molecule has 0 saturated heterocycles. The first-order valence-corrected chi connectivity index (χ1v) is 5.84. The third-order valence-corrected chi connectivity index (χ3v) is 2.83. The van der Waals surface area contributed by atoms with Crippen LogP contribution in [-0.4, -0.2) is 10.3 Å². The van der Waals surface area contributed by atoms with Crippen LogP contribution in [0.15, 0.2) is 12.3 Å². The van der Waals surface area contributed by atoms with E-state index in [4.69, 9.17) is 11.5 Å². The fourth-order valence-electron chi connectivity index (χ4n) is 1.30. The lowest BCUT2D eigenvalue weighted by atomic mass is 10.0. The summed E-state index contributed by atoms with van der Waals surface area (Å²) in [6, 6.07) is 1.87. The Morgan fingerprint density at radius 1 is 1.43 bits per heavy atom. The van der Waals surface area contributed by atoms with Gasteiger partial charge in [0, 0.05) is 11.0 Å². The molecule has 0 saturated carbocycles. The number of nitrogens with two attached hydrogens (primary N) is 2. The molecule has 0 aromatic carbocycles. The van der Waals surface area contributed by atoms with Gasteiger partial charge in [0.15, 0.2) is 0 Å². The van der Waals surface area contributed by atoms with Gasteiger partial charge in [-0.05, 0) is 24.8 Å². The molecule has 1 aromatic rings. The minimum atomic E-state index is 0.440. The molecule has 0 bridgehead atoms. The minimum absolute atomic E-state index is 0.440. The van der Waals surface area contributed by atoms with Gasteiger partial charge in [0.1, 0.15) is 0 Å². The second kappa shape index (κ2) is 5.20. The van der Waals surface area contributed by atoms with Crippen LogP contribution in [0.2, 0.25) is 0 Å². The summed E-state index contributed by atoms with van der Waals surface area (Å²) in [4.78, 5) is 4.27. The van der Waals surface area contributed by atoms with Crippen molar-refractivity contribution in [3.63, 3.8) is 0 Å². The summed E-state index contributed by atoms with van der Waals surface area (Å²) >= 11 is 3.41. The Kier molecular flexibility index (Phi) is 4.20. The van der Waals surface area contributed by atoms with Gasteiger partial charge in [-0.3, -0.25) is 4.98 Å². The molecule has 1 atom stereocenters. The highest BCUT2D eigenvalue weighted by atomic mass is 79.9. The molecule has 4 N–H and O–H groups in total. The van der Waals surface area contributed by atoms with Crippen LogP contribution in [0.1, 0.15) is 31.4 Å². The number of nitrogens with zero attached hydrogens (tertiary/aromatic N) is 1. The van der Waals surface area contributed by atoms with Gasteiger partial charge < -0.3 is 11.5 Å². The lowest BCUT2D eigenvalue weighted by molar-refractivity contribution is 0.653. The second-order valence-corrected chi connectivity index (χ2v) is 4.26. The normalized spacial score (nSPS) is 12.7. The molecule has 3 nitrogen and oxygen atoms in total. The van der Waals surface area contributed by atoms with Crippen molar-refractivity contribution in [2.75, 3.05) is 16.8 Å². The quantitative estimate of drug-likeness (QED) is 0.815. The number of aromatic nitrogens is 1. The van der Waals surface area contributed by atoms with E-state index in [1.165, 1.54) is 0 Å². The largest absolute Gasteiger partial charge is 0.397 e. The Labute approximate surface area is 93.0 Å². The zero-order valence-electron chi connectivity index (χ0n) is 8.33. The van der Waals surface area contributed by atoms with Crippen molar-refractivity contribution in [1.29, 1.82) is 0 Å². The predicted molar refractivity (Wildman–Crippen MR) is 64.5 cm³/mol. The van der Waals surface area contributed by atoms with E-state index in [0.29, 0.717) is 17.3 Å². The highest BCUT2D eigenvalue weighted by molar-refractivity contribution is 9.09. The third-order valence-electron chi connectivity index (χ3n) is 2.27. The molecule has 4 heteroatoms. The Morgan fingerprint density at radius 3 is 2.71 bits per heavy atom. The molecule has 78 valence electrons. The first-order valence-electron chi connectivity index (χ1n) is 4.72. The van der Waals surface area contributed by atoms with E-state index in [0.717, 1.165) is 23.9 Å². The number of hydrogen-bond acceptors (Lipinski definition) is 3. The molecule has 0 aliphatic heterocycles. The number of pyridine rings is 1. The number of rotatable bonds is 4. The highest BCUT2D eigenvalue weighted by Crippen LogP contribution is 2.23. The molecular weight excluding hydrogens is 242 g/mol. The standard InChI is InChI=1S/C10H16BrN3/c1-7(3-2-4-11)10-5-8(12)9(13)6-14-10/h5-7H,2-4,13H2,1H3,(H2,12,14). The van der Waals surface area contributed by atoms with Crippen LogP contribution in [-0.2, 0) is 0 Å². The van der Waals surface area contributed by atoms with Crippen LogP contribution in [0.3, 0.4) is 0 Å². The lowest BCUT2D eigenvalue weighted by Gasteiger charge is -2.11. The molecule has 0 radical (unpaired) electrons. The summed E-state index contributed by atoms with van der Waals surface area (Å²) in [5.41, 5.74) is 13.5. The topological polar surface area (TPSA) is 64.9 Å². The van der Waals surface area contributed by atoms with Crippen LogP contribution in [0.4, 0.5) is 11.4 Å². The first-order chi connectivity index (χ1) is 6.65. The average molecular weight is 258 g/mol. The van der Waals surface area contributed by atoms with Gasteiger partial charge in [-0.1, -0.05) is 22.9 Å². The number of anilines is 2. The lowest BCUT2D eigenvalue weighted by Crippen LogP contribution is -2.02. The summed E-state index contributed by atoms with van der Waals surface area (Å²) in [6.45, 7) is 2.15. The smallest absolute Gasteiger partial charge is 0.0734 e. The molecule has 0 fully saturated rings. The van der Waals surface area contributed by atoms with Crippen molar-refractivity contribution >= 4 is 27.3 Å². The van der Waals surface area contributed by atoms with Crippen LogP contribution in [0, 0.1) is 0 Å². The Balaban J connectivity index is 2.70. The number of halogens is 1. The summed E-state index contributed by atoms with van der Waals surface area (Å²) in [6.07, 6.45) is 3.89. The van der Waals surface area contributed by atoms with E-state index < -0.39 is 0 Å². The predicted octanol–water partition coefficient (Wildman–Crippen LogP) is 2.52. The number of alkyl halides is 1. The van der Waals surface area contributed by atoms with E-state index in [9.17, 15) is 0 Å². The molecule has 0 spiro atoms. The summed E-state index contributed by atoms with van der Waals surface area (Å²) in [5.74, 6) is 0.440. The van der Waals surface area contributed by atoms with Gasteiger partial charge in [0.25, 0.3) is 0 Å². The summed E-state index contributed by atoms with van der Waals surface area (Å²) in [5, 5.41) is 1.03. The van der Waals surface area contributed by atoms with Gasteiger partial charge >= 0.3 is 0 Å². The molecule has 1 unspecified atom stereocenters. The Morgan fingerprint density at radius 2 is 2.14 bits per heavy atom. The fraction of sp³-hybridized carbons (Fsp3) is 0.500. The number of hydrogen-bond donors (Lipinski definition) is 2. The third kappa shape index (κ3) is 2.87. The molecular formula is C10H16BrN3.